The molecule has 122 heavy (non-hydrogen) atoms. The van der Waals surface area contributed by atoms with Crippen molar-refractivity contribution in [3.05, 3.63) is 442 Å². The van der Waals surface area contributed by atoms with Gasteiger partial charge in [-0.3, -0.25) is 41.8 Å². The molecule has 10 nitrogen and oxygen atoms in total. The van der Waals surface area contributed by atoms with Crippen molar-refractivity contribution in [2.45, 2.75) is 6.92 Å². The average Bonchev–Trinajstić information content (AvgIpc) is 1.57. The third-order valence-electron chi connectivity index (χ3n) is 25.2. The summed E-state index contributed by atoms with van der Waals surface area (Å²) < 4.78 is 9.89. The quantitative estimate of drug-likeness (QED) is 0.160. The molecule has 0 atom stereocenters. The van der Waals surface area contributed by atoms with E-state index in [1.165, 1.54) is 33.2 Å². The van der Waals surface area contributed by atoms with Gasteiger partial charge in [0, 0.05) is 98.6 Å². The van der Waals surface area contributed by atoms with Crippen LogP contribution in [0.5, 0.6) is 0 Å². The van der Waals surface area contributed by atoms with Crippen LogP contribution < -0.4 is 22.2 Å². The first-order valence-electron chi connectivity index (χ1n) is 41.1. The number of benzene rings is 17. The number of aryl methyl sites for hydroxylation is 1. The average molecular weight is 1560 g/mol. The van der Waals surface area contributed by atoms with E-state index < -0.39 is 0 Å². The molecule has 0 radical (unpaired) electrons. The molecule has 17 aromatic carbocycles. The Kier molecular flexibility index (Phi) is 15.6. The minimum atomic E-state index is -0.000165. The molecular formula is C112H68N6O4. The van der Waals surface area contributed by atoms with Crippen molar-refractivity contribution in [3.8, 4) is 55.6 Å². The molecule has 10 heterocycles. The summed E-state index contributed by atoms with van der Waals surface area (Å²) in [6.45, 7) is 2.11. The van der Waals surface area contributed by atoms with Gasteiger partial charge < -0.3 is 4.40 Å². The van der Waals surface area contributed by atoms with E-state index in [1.807, 2.05) is 157 Å². The molecule has 10 aromatic heterocycles. The second kappa shape index (κ2) is 27.3. The molecule has 0 fully saturated rings. The lowest BCUT2D eigenvalue weighted by Crippen LogP contribution is -2.13. The summed E-state index contributed by atoms with van der Waals surface area (Å²) in [5.41, 5.74) is 23.9. The molecule has 0 spiro atoms. The highest BCUT2D eigenvalue weighted by atomic mass is 16.1. The molecule has 0 saturated heterocycles. The predicted octanol–water partition coefficient (Wildman–Crippen LogP) is 26.2. The normalized spacial score (nSPS) is 11.9. The molecule has 0 N–H and O–H groups in total. The zero-order valence-electron chi connectivity index (χ0n) is 65.8. The minimum Gasteiger partial charge on any atom is -0.306 e. The van der Waals surface area contributed by atoms with Crippen LogP contribution in [0.1, 0.15) is 5.56 Å². The van der Waals surface area contributed by atoms with Crippen molar-refractivity contribution in [1.29, 1.82) is 0 Å². The fraction of sp³-hybridized carbons (Fsp3) is 0.00893. The van der Waals surface area contributed by atoms with Crippen LogP contribution in [0.3, 0.4) is 0 Å². The number of rotatable bonds is 5. The summed E-state index contributed by atoms with van der Waals surface area (Å²) >= 11 is 0. The Morgan fingerprint density at radius 2 is 0.434 bits per heavy atom. The van der Waals surface area contributed by atoms with Crippen LogP contribution in [0.15, 0.2) is 414 Å². The summed E-state index contributed by atoms with van der Waals surface area (Å²) in [7, 11) is 0. The smallest absolute Gasteiger partial charge is 0.265 e. The molecular weight excluding hydrogens is 1490 g/mol. The highest BCUT2D eigenvalue weighted by molar-refractivity contribution is 6.27. The van der Waals surface area contributed by atoms with E-state index in [1.54, 1.807) is 6.20 Å². The van der Waals surface area contributed by atoms with Gasteiger partial charge in [0.2, 0.25) is 0 Å². The van der Waals surface area contributed by atoms with E-state index in [9.17, 15) is 19.2 Å². The molecule has 27 aromatic rings. The van der Waals surface area contributed by atoms with Crippen LogP contribution in [0.2, 0.25) is 0 Å². The van der Waals surface area contributed by atoms with Crippen molar-refractivity contribution >= 4 is 168 Å². The van der Waals surface area contributed by atoms with Gasteiger partial charge in [-0.1, -0.05) is 267 Å². The highest BCUT2D eigenvalue weighted by Gasteiger charge is 2.26. The van der Waals surface area contributed by atoms with Crippen LogP contribution in [-0.4, -0.2) is 27.0 Å². The SMILES string of the molecule is Cc1cc2c3ccccc3c(=O)n3c4ccccc4c(c1)c23.O=c1c2ccccc2c2cc(-c3ccccc3)cc3c4ccccc4n1c23.O=c1c2ccccc2n2c3ccc(-c4ccccc4)cc3c3ccc4c5cc(-c6ccccc6)ccc5n1c4c32.O=c1c2ccncc2c2cc(-c3ccccc3)cc3c4cc(-c5ccccc5)ccc4n1c23. The van der Waals surface area contributed by atoms with Crippen molar-refractivity contribution in [1.82, 2.24) is 27.0 Å². The maximum absolute atomic E-state index is 14.3. The number of aromatic nitrogens is 6. The molecule has 0 amide bonds. The Morgan fingerprint density at radius 3 is 0.861 bits per heavy atom. The fourth-order valence-corrected chi connectivity index (χ4v) is 19.8. The van der Waals surface area contributed by atoms with Crippen LogP contribution in [0.25, 0.3) is 224 Å². The molecule has 0 saturated carbocycles. The van der Waals surface area contributed by atoms with Gasteiger partial charge in [-0.2, -0.15) is 0 Å². The standard InChI is InChI=1S/C37H22N2O.C30H18N2O.C25H15NO.C20H13NO/c40-37-29-13-7-8-14-32(29)38-33-19-15-25(23-9-3-1-4-10-23)21-30(33)27-17-18-28-31-22-26(24-11-5-2-6-12-24)16-20-34(31)39(37)36(28)35(27)38;33-30-23-13-14-31-18-27(23)26-17-22(20-9-5-2-6-10-20)16-25-24-15-21(19-7-3-1-4-8-19)11-12-28(24)32(30)29(25)26;27-25-20-12-5-4-10-18(20)21-14-17(16-8-2-1-3-9-16)15-22-19-11-6-7-13-23(19)26(25)24(21)22;1-12-10-16-13-6-2-3-8-15(13)20(22)21-18-9-5-4-7-14(18)17(11-12)19(16)21/h1-22H;1-18H;1-15H;2-11H,1H3. The van der Waals surface area contributed by atoms with Crippen LogP contribution in [0, 0.1) is 6.92 Å². The molecule has 570 valence electrons. The fourth-order valence-electron chi connectivity index (χ4n) is 19.8. The van der Waals surface area contributed by atoms with E-state index >= 15 is 0 Å². The predicted molar refractivity (Wildman–Crippen MR) is 508 cm³/mol. The maximum atomic E-state index is 14.3. The second-order valence-electron chi connectivity index (χ2n) is 31.9. The van der Waals surface area contributed by atoms with E-state index in [4.69, 9.17) is 0 Å². The topological polar surface area (TPSA) is 103 Å². The third kappa shape index (κ3) is 10.5. The van der Waals surface area contributed by atoms with Crippen molar-refractivity contribution < 1.29 is 0 Å². The lowest BCUT2D eigenvalue weighted by Gasteiger charge is -2.09. The van der Waals surface area contributed by atoms with Gasteiger partial charge in [0.1, 0.15) is 0 Å². The van der Waals surface area contributed by atoms with E-state index in [0.717, 1.165) is 186 Å². The number of nitrogens with zero attached hydrogens (tertiary/aromatic N) is 6. The van der Waals surface area contributed by atoms with Gasteiger partial charge >= 0.3 is 0 Å². The van der Waals surface area contributed by atoms with Gasteiger partial charge in [-0.15, -0.1) is 0 Å². The van der Waals surface area contributed by atoms with Crippen LogP contribution in [0.4, 0.5) is 0 Å². The molecule has 10 heteroatoms. The second-order valence-corrected chi connectivity index (χ2v) is 31.9. The van der Waals surface area contributed by atoms with Crippen molar-refractivity contribution in [2.24, 2.45) is 0 Å². The van der Waals surface area contributed by atoms with Gasteiger partial charge in [-0.25, -0.2) is 0 Å². The summed E-state index contributed by atoms with van der Waals surface area (Å²) in [4.78, 5) is 58.6. The Morgan fingerprint density at radius 1 is 0.172 bits per heavy atom. The summed E-state index contributed by atoms with van der Waals surface area (Å²) in [5.74, 6) is 0. The number of hydrogen-bond donors (Lipinski definition) is 0. The monoisotopic (exact) mass is 1560 g/mol. The van der Waals surface area contributed by atoms with E-state index in [2.05, 4.69) is 265 Å². The Hall–Kier alpha value is -16.4. The Balaban J connectivity index is 0.0000000940. The van der Waals surface area contributed by atoms with E-state index in [-0.39, 0.29) is 22.2 Å². The third-order valence-corrected chi connectivity index (χ3v) is 25.2. The molecule has 0 aliphatic heterocycles. The zero-order chi connectivity index (χ0) is 81.1. The molecule has 0 aliphatic rings. The van der Waals surface area contributed by atoms with Crippen LogP contribution in [-0.2, 0) is 0 Å². The van der Waals surface area contributed by atoms with Gasteiger partial charge in [0.05, 0.1) is 71.5 Å². The summed E-state index contributed by atoms with van der Waals surface area (Å²) in [6, 6.07) is 131. The molecule has 0 aliphatic carbocycles. The first-order valence-corrected chi connectivity index (χ1v) is 41.1. The van der Waals surface area contributed by atoms with Gasteiger partial charge in [-0.05, 0) is 194 Å². The number of pyridine rings is 4. The lowest BCUT2D eigenvalue weighted by atomic mass is 9.97. The van der Waals surface area contributed by atoms with Gasteiger partial charge in [0.15, 0.2) is 0 Å². The largest absolute Gasteiger partial charge is 0.306 e. The molecule has 0 unspecified atom stereocenters. The Labute approximate surface area is 695 Å². The first-order chi connectivity index (χ1) is 60.1. The molecule has 27 rings (SSSR count). The zero-order valence-corrected chi connectivity index (χ0v) is 65.8. The minimum absolute atomic E-state index is 0.000165. The van der Waals surface area contributed by atoms with Gasteiger partial charge in [0.25, 0.3) is 22.2 Å². The highest BCUT2D eigenvalue weighted by Crippen LogP contribution is 2.45. The number of fused-ring (bicyclic) bond motifs is 23. The van der Waals surface area contributed by atoms with Crippen molar-refractivity contribution in [3.63, 3.8) is 0 Å². The molecule has 0 bridgehead atoms. The van der Waals surface area contributed by atoms with Crippen LogP contribution >= 0.6 is 0 Å². The lowest BCUT2D eigenvalue weighted by molar-refractivity contribution is 1.20. The van der Waals surface area contributed by atoms with E-state index in [0.29, 0.717) is 10.8 Å². The summed E-state index contributed by atoms with van der Waals surface area (Å²) in [6.07, 6.45) is 3.51. The Bertz CT molecular complexity index is 9240. The number of hydrogen-bond acceptors (Lipinski definition) is 5. The first kappa shape index (κ1) is 69.8. The number of para-hydroxylation sites is 3. The summed E-state index contributed by atoms with van der Waals surface area (Å²) in [5, 5.41) is 20.4. The van der Waals surface area contributed by atoms with Crippen molar-refractivity contribution in [2.75, 3.05) is 0 Å². The maximum Gasteiger partial charge on any atom is 0.265 e.